The Morgan fingerprint density at radius 1 is 1.12 bits per heavy atom. The number of aryl methyl sites for hydroxylation is 2. The molecule has 2 fully saturated rings. The average molecular weight is 366 g/mol. The Morgan fingerprint density at radius 3 is 2.62 bits per heavy atom. The molecule has 130 valence electrons. The first-order valence-electron chi connectivity index (χ1n) is 8.78. The molecule has 4 nitrogen and oxygen atoms in total. The van der Waals surface area contributed by atoms with Gasteiger partial charge in [-0.05, 0) is 61.8 Å². The standard InChI is InChI=1S/C18H23NO3S2/c20-18(11-23-17-7-4-13-2-1-3-14(13)10-17)19(15-5-6-15)16-8-9-24(21,22)12-16/h4,7,10,15-16H,1-3,5-6,8-9,11-12H2/t16-/m0/s1. The highest BCUT2D eigenvalue weighted by Gasteiger charge is 2.41. The van der Waals surface area contributed by atoms with Crippen LogP contribution < -0.4 is 0 Å². The zero-order chi connectivity index (χ0) is 16.7. The van der Waals surface area contributed by atoms with Gasteiger partial charge in [0, 0.05) is 17.0 Å². The molecule has 0 bridgehead atoms. The average Bonchev–Trinajstić information content (AvgIpc) is 3.14. The first-order chi connectivity index (χ1) is 11.5. The normalized spacial score (nSPS) is 24.8. The van der Waals surface area contributed by atoms with Crippen LogP contribution in [0.4, 0.5) is 0 Å². The molecule has 1 atom stereocenters. The van der Waals surface area contributed by atoms with E-state index in [4.69, 9.17) is 0 Å². The Balaban J connectivity index is 1.41. The van der Waals surface area contributed by atoms with Crippen LogP contribution in [-0.2, 0) is 27.5 Å². The highest BCUT2D eigenvalue weighted by molar-refractivity contribution is 8.00. The summed E-state index contributed by atoms with van der Waals surface area (Å²) in [5.41, 5.74) is 2.87. The molecule has 1 heterocycles. The lowest BCUT2D eigenvalue weighted by atomic mass is 10.1. The van der Waals surface area contributed by atoms with E-state index in [1.807, 2.05) is 4.90 Å². The summed E-state index contributed by atoms with van der Waals surface area (Å²) in [6.45, 7) is 0. The highest BCUT2D eigenvalue weighted by atomic mass is 32.2. The molecule has 0 aromatic heterocycles. The summed E-state index contributed by atoms with van der Waals surface area (Å²) in [6.07, 6.45) is 6.19. The molecular weight excluding hydrogens is 342 g/mol. The van der Waals surface area contributed by atoms with Gasteiger partial charge in [0.1, 0.15) is 0 Å². The highest BCUT2D eigenvalue weighted by Crippen LogP contribution is 2.34. The smallest absolute Gasteiger partial charge is 0.233 e. The minimum absolute atomic E-state index is 0.101. The van der Waals surface area contributed by atoms with E-state index >= 15 is 0 Å². The fourth-order valence-corrected chi connectivity index (χ4v) is 6.45. The molecule has 1 saturated carbocycles. The lowest BCUT2D eigenvalue weighted by molar-refractivity contribution is -0.130. The molecule has 0 spiro atoms. The summed E-state index contributed by atoms with van der Waals surface area (Å²) in [6, 6.07) is 6.70. The predicted octanol–water partition coefficient (Wildman–Crippen LogP) is 2.45. The summed E-state index contributed by atoms with van der Waals surface area (Å²) < 4.78 is 23.5. The van der Waals surface area contributed by atoms with Crippen LogP contribution in [0.15, 0.2) is 23.1 Å². The van der Waals surface area contributed by atoms with Gasteiger partial charge in [-0.1, -0.05) is 6.07 Å². The van der Waals surface area contributed by atoms with Crippen LogP contribution in [0, 0.1) is 0 Å². The van der Waals surface area contributed by atoms with E-state index in [1.54, 1.807) is 11.8 Å². The summed E-state index contributed by atoms with van der Waals surface area (Å²) >= 11 is 1.59. The van der Waals surface area contributed by atoms with Crippen molar-refractivity contribution in [1.82, 2.24) is 4.90 Å². The Labute approximate surface area is 147 Å². The lowest BCUT2D eigenvalue weighted by Crippen LogP contribution is -2.43. The van der Waals surface area contributed by atoms with Gasteiger partial charge >= 0.3 is 0 Å². The van der Waals surface area contributed by atoms with Crippen molar-refractivity contribution < 1.29 is 13.2 Å². The molecular formula is C18H23NO3S2. The second kappa shape index (κ2) is 6.37. The largest absolute Gasteiger partial charge is 0.335 e. The summed E-state index contributed by atoms with van der Waals surface area (Å²) in [5, 5.41) is 0. The van der Waals surface area contributed by atoms with Gasteiger partial charge in [-0.15, -0.1) is 11.8 Å². The molecule has 6 heteroatoms. The number of hydrogen-bond acceptors (Lipinski definition) is 4. The van der Waals surface area contributed by atoms with Gasteiger partial charge < -0.3 is 4.90 Å². The van der Waals surface area contributed by atoms with Gasteiger partial charge in [0.25, 0.3) is 0 Å². The van der Waals surface area contributed by atoms with Crippen molar-refractivity contribution in [2.75, 3.05) is 17.3 Å². The van der Waals surface area contributed by atoms with Gasteiger partial charge in [-0.2, -0.15) is 0 Å². The third-order valence-electron chi connectivity index (χ3n) is 5.26. The zero-order valence-electron chi connectivity index (χ0n) is 13.7. The van der Waals surface area contributed by atoms with E-state index in [-0.39, 0.29) is 29.5 Å². The molecule has 0 N–H and O–H groups in total. The van der Waals surface area contributed by atoms with E-state index in [9.17, 15) is 13.2 Å². The maximum Gasteiger partial charge on any atom is 0.233 e. The quantitative estimate of drug-likeness (QED) is 0.752. The maximum absolute atomic E-state index is 12.7. The molecule has 0 unspecified atom stereocenters. The summed E-state index contributed by atoms with van der Waals surface area (Å²) in [7, 11) is -2.95. The summed E-state index contributed by atoms with van der Waals surface area (Å²) in [5.74, 6) is 0.890. The third kappa shape index (κ3) is 3.49. The number of sulfone groups is 1. The van der Waals surface area contributed by atoms with Crippen molar-refractivity contribution >= 4 is 27.5 Å². The number of carbonyl (C=O) groups is 1. The Hall–Kier alpha value is -1.01. The first kappa shape index (κ1) is 16.5. The van der Waals surface area contributed by atoms with Crippen LogP contribution in [0.1, 0.15) is 36.8 Å². The first-order valence-corrected chi connectivity index (χ1v) is 11.6. The van der Waals surface area contributed by atoms with E-state index in [2.05, 4.69) is 18.2 Å². The lowest BCUT2D eigenvalue weighted by Gasteiger charge is -2.28. The zero-order valence-corrected chi connectivity index (χ0v) is 15.4. The Morgan fingerprint density at radius 2 is 1.92 bits per heavy atom. The molecule has 2 aliphatic carbocycles. The Bertz CT molecular complexity index is 756. The van der Waals surface area contributed by atoms with Gasteiger partial charge in [-0.25, -0.2) is 8.42 Å². The van der Waals surface area contributed by atoms with E-state index in [0.29, 0.717) is 12.2 Å². The molecule has 4 rings (SSSR count). The number of rotatable bonds is 5. The molecule has 1 aromatic rings. The number of amides is 1. The SMILES string of the molecule is O=C(CSc1ccc2c(c1)CCC2)N(C1CC1)[C@H]1CCS(=O)(=O)C1. The fourth-order valence-electron chi connectivity index (χ4n) is 3.91. The molecule has 0 radical (unpaired) electrons. The van der Waals surface area contributed by atoms with Crippen LogP contribution in [0.5, 0.6) is 0 Å². The van der Waals surface area contributed by atoms with Crippen LogP contribution >= 0.6 is 11.8 Å². The second-order valence-corrected chi connectivity index (χ2v) is 10.4. The van der Waals surface area contributed by atoms with Crippen molar-refractivity contribution in [1.29, 1.82) is 0 Å². The van der Waals surface area contributed by atoms with Crippen molar-refractivity contribution in [3.05, 3.63) is 29.3 Å². The van der Waals surface area contributed by atoms with Crippen LogP contribution in [0.2, 0.25) is 0 Å². The van der Waals surface area contributed by atoms with E-state index in [1.165, 1.54) is 24.0 Å². The Kier molecular flexibility index (Phi) is 4.37. The number of thioether (sulfide) groups is 1. The number of nitrogens with zero attached hydrogens (tertiary/aromatic N) is 1. The third-order valence-corrected chi connectivity index (χ3v) is 7.99. The van der Waals surface area contributed by atoms with Gasteiger partial charge in [0.2, 0.25) is 5.91 Å². The molecule has 1 amide bonds. The van der Waals surface area contributed by atoms with Crippen molar-refractivity contribution in [2.45, 2.75) is 55.5 Å². The van der Waals surface area contributed by atoms with Crippen molar-refractivity contribution in [3.8, 4) is 0 Å². The van der Waals surface area contributed by atoms with E-state index in [0.717, 1.165) is 24.2 Å². The van der Waals surface area contributed by atoms with E-state index < -0.39 is 9.84 Å². The van der Waals surface area contributed by atoms with Gasteiger partial charge in [0.15, 0.2) is 9.84 Å². The molecule has 3 aliphatic rings. The van der Waals surface area contributed by atoms with Crippen molar-refractivity contribution in [2.24, 2.45) is 0 Å². The van der Waals surface area contributed by atoms with Gasteiger partial charge in [0.05, 0.1) is 17.3 Å². The molecule has 24 heavy (non-hydrogen) atoms. The fraction of sp³-hybridized carbons (Fsp3) is 0.611. The molecule has 1 aliphatic heterocycles. The monoisotopic (exact) mass is 365 g/mol. The second-order valence-electron chi connectivity index (χ2n) is 7.16. The maximum atomic E-state index is 12.7. The minimum atomic E-state index is -2.95. The van der Waals surface area contributed by atoms with Crippen molar-refractivity contribution in [3.63, 3.8) is 0 Å². The number of carbonyl (C=O) groups excluding carboxylic acids is 1. The topological polar surface area (TPSA) is 54.5 Å². The molecule has 1 saturated heterocycles. The number of hydrogen-bond donors (Lipinski definition) is 0. The number of fused-ring (bicyclic) bond motifs is 1. The minimum Gasteiger partial charge on any atom is -0.335 e. The molecule has 1 aromatic carbocycles. The number of benzene rings is 1. The van der Waals surface area contributed by atoms with Gasteiger partial charge in [-0.3, -0.25) is 4.79 Å². The summed E-state index contributed by atoms with van der Waals surface area (Å²) in [4.78, 5) is 15.8. The van der Waals surface area contributed by atoms with Crippen LogP contribution in [-0.4, -0.2) is 48.6 Å². The predicted molar refractivity (Wildman–Crippen MR) is 96.1 cm³/mol. The van der Waals surface area contributed by atoms with Crippen LogP contribution in [0.3, 0.4) is 0 Å². The van der Waals surface area contributed by atoms with Crippen LogP contribution in [0.25, 0.3) is 0 Å².